The fourth-order valence-corrected chi connectivity index (χ4v) is 5.44. The van der Waals surface area contributed by atoms with Gasteiger partial charge < -0.3 is 4.74 Å². The first kappa shape index (κ1) is 26.4. The number of anilines is 2. The Morgan fingerprint density at radius 2 is 1.95 bits per heavy atom. The minimum Gasteiger partial charge on any atom is -0.497 e. The average Bonchev–Trinajstić information content (AvgIpc) is 3.31. The van der Waals surface area contributed by atoms with Gasteiger partial charge in [-0.1, -0.05) is 42.6 Å². The molecule has 4 rings (SSSR count). The van der Waals surface area contributed by atoms with Gasteiger partial charge in [-0.2, -0.15) is 13.2 Å². The molecule has 2 aromatic carbocycles. The van der Waals surface area contributed by atoms with Gasteiger partial charge in [0.1, 0.15) is 10.8 Å². The highest BCUT2D eigenvalue weighted by molar-refractivity contribution is 7.92. The molecule has 37 heavy (non-hydrogen) atoms. The van der Waals surface area contributed by atoms with Crippen LogP contribution in [-0.4, -0.2) is 31.6 Å². The van der Waals surface area contributed by atoms with Gasteiger partial charge in [0.05, 0.1) is 28.8 Å². The van der Waals surface area contributed by atoms with Crippen LogP contribution in [0.1, 0.15) is 34.3 Å². The molecule has 1 amide bonds. The number of rotatable bonds is 7. The quantitative estimate of drug-likeness (QED) is 0.396. The monoisotopic (exact) mass is 550 g/mol. The van der Waals surface area contributed by atoms with Crippen molar-refractivity contribution in [1.82, 2.24) is 10.2 Å². The van der Waals surface area contributed by atoms with Gasteiger partial charge in [-0.3, -0.25) is 14.8 Å². The van der Waals surface area contributed by atoms with Crippen molar-refractivity contribution < 1.29 is 31.1 Å². The van der Waals surface area contributed by atoms with Crippen LogP contribution in [0.4, 0.5) is 24.0 Å². The van der Waals surface area contributed by atoms with E-state index in [0.29, 0.717) is 17.0 Å². The number of benzene rings is 2. The van der Waals surface area contributed by atoms with Crippen molar-refractivity contribution in [1.29, 1.82) is 0 Å². The summed E-state index contributed by atoms with van der Waals surface area (Å²) in [6.45, 7) is 2.07. The predicted octanol–water partition coefficient (Wildman–Crippen LogP) is 5.60. The van der Waals surface area contributed by atoms with Crippen LogP contribution in [-0.2, 0) is 16.2 Å². The summed E-state index contributed by atoms with van der Waals surface area (Å²) in [6.07, 6.45) is 1.98. The number of ether oxygens (including phenoxy) is 1. The maximum absolute atomic E-state index is 13.1. The lowest BCUT2D eigenvalue weighted by atomic mass is 9.96. The summed E-state index contributed by atoms with van der Waals surface area (Å²) >= 11 is 1.17. The summed E-state index contributed by atoms with van der Waals surface area (Å²) in [7, 11) is -3.14. The number of carbonyl (C=O) groups is 1. The van der Waals surface area contributed by atoms with Gasteiger partial charge in [0.15, 0.2) is 0 Å². The molecule has 3 aromatic rings. The minimum atomic E-state index is -4.73. The SMILES string of the molecule is COc1ccc(C(=O)Nc2nnc(C3=CC=CC(C)C3)s2)c(NS(=O)(=O)c2cccc(C(F)(F)F)c2)c1. The molecule has 1 aliphatic rings. The van der Waals surface area contributed by atoms with Crippen molar-refractivity contribution in [3.63, 3.8) is 0 Å². The Labute approximate surface area is 214 Å². The number of methoxy groups -OCH3 is 1. The number of allylic oxidation sites excluding steroid dienone is 4. The number of alkyl halides is 3. The Balaban J connectivity index is 1.60. The van der Waals surface area contributed by atoms with E-state index >= 15 is 0 Å². The summed E-state index contributed by atoms with van der Waals surface area (Å²) in [5.41, 5.74) is -0.425. The second-order valence-electron chi connectivity index (χ2n) is 8.17. The van der Waals surface area contributed by atoms with Crippen LogP contribution in [0.2, 0.25) is 0 Å². The third kappa shape index (κ3) is 6.17. The summed E-state index contributed by atoms with van der Waals surface area (Å²) in [6, 6.07) is 7.32. The van der Waals surface area contributed by atoms with E-state index in [1.807, 2.05) is 12.2 Å². The van der Waals surface area contributed by atoms with Crippen molar-refractivity contribution in [3.05, 3.63) is 76.8 Å². The molecule has 0 saturated heterocycles. The van der Waals surface area contributed by atoms with E-state index in [2.05, 4.69) is 33.2 Å². The molecule has 0 aliphatic heterocycles. The zero-order valence-corrected chi connectivity index (χ0v) is 21.2. The fourth-order valence-electron chi connectivity index (χ4n) is 3.55. The van der Waals surface area contributed by atoms with Gasteiger partial charge in [-0.15, -0.1) is 10.2 Å². The number of amides is 1. The smallest absolute Gasteiger partial charge is 0.416 e. The van der Waals surface area contributed by atoms with E-state index < -0.39 is 32.6 Å². The second kappa shape index (κ2) is 10.3. The molecular formula is C24H21F3N4O4S2. The number of halogens is 3. The summed E-state index contributed by atoms with van der Waals surface area (Å²) in [5.74, 6) is -0.130. The molecule has 0 saturated carbocycles. The molecule has 1 atom stereocenters. The van der Waals surface area contributed by atoms with Crippen LogP contribution < -0.4 is 14.8 Å². The Morgan fingerprint density at radius 3 is 2.65 bits per heavy atom. The number of nitrogens with zero attached hydrogens (tertiary/aromatic N) is 2. The van der Waals surface area contributed by atoms with Gasteiger partial charge >= 0.3 is 6.18 Å². The van der Waals surface area contributed by atoms with E-state index in [4.69, 9.17) is 4.74 Å². The predicted molar refractivity (Wildman–Crippen MR) is 134 cm³/mol. The standard InChI is InChI=1S/C24H21F3N4O4S2/c1-14-5-3-6-15(11-14)22-29-30-23(36-22)28-21(32)19-10-9-17(35-2)13-20(19)31-37(33,34)18-8-4-7-16(12-18)24(25,26)27/h3-10,12-14,31H,11H2,1-2H3,(H,28,30,32). The summed E-state index contributed by atoms with van der Waals surface area (Å²) in [5, 5.41) is 11.6. The van der Waals surface area contributed by atoms with Crippen molar-refractivity contribution in [3.8, 4) is 5.75 Å². The largest absolute Gasteiger partial charge is 0.497 e. The molecule has 1 aliphatic carbocycles. The Bertz CT molecular complexity index is 1500. The first-order chi connectivity index (χ1) is 17.5. The van der Waals surface area contributed by atoms with E-state index in [9.17, 15) is 26.4 Å². The molecule has 194 valence electrons. The number of aromatic nitrogens is 2. The molecule has 1 aromatic heterocycles. The third-order valence-electron chi connectivity index (χ3n) is 5.39. The lowest BCUT2D eigenvalue weighted by Crippen LogP contribution is -2.19. The van der Waals surface area contributed by atoms with E-state index in [1.54, 1.807) is 0 Å². The molecular weight excluding hydrogens is 529 g/mol. The molecule has 0 spiro atoms. The van der Waals surface area contributed by atoms with Gasteiger partial charge in [0.25, 0.3) is 15.9 Å². The number of nitrogens with one attached hydrogen (secondary N) is 2. The van der Waals surface area contributed by atoms with Crippen LogP contribution >= 0.6 is 11.3 Å². The zero-order chi connectivity index (χ0) is 26.8. The van der Waals surface area contributed by atoms with Crippen LogP contribution in [0, 0.1) is 5.92 Å². The first-order valence-electron chi connectivity index (χ1n) is 10.9. The van der Waals surface area contributed by atoms with E-state index in [0.717, 1.165) is 30.2 Å². The second-order valence-corrected chi connectivity index (χ2v) is 10.8. The lowest BCUT2D eigenvalue weighted by molar-refractivity contribution is -0.137. The van der Waals surface area contributed by atoms with Crippen LogP contribution in [0.15, 0.2) is 65.6 Å². The lowest BCUT2D eigenvalue weighted by Gasteiger charge is -2.14. The number of hydrogen-bond acceptors (Lipinski definition) is 7. The highest BCUT2D eigenvalue weighted by atomic mass is 32.2. The highest BCUT2D eigenvalue weighted by Gasteiger charge is 2.32. The normalized spacial score (nSPS) is 15.7. The van der Waals surface area contributed by atoms with Gasteiger partial charge in [-0.05, 0) is 48.2 Å². The number of hydrogen-bond donors (Lipinski definition) is 2. The summed E-state index contributed by atoms with van der Waals surface area (Å²) in [4.78, 5) is 12.4. The van der Waals surface area contributed by atoms with Crippen LogP contribution in [0.25, 0.3) is 5.57 Å². The molecule has 0 bridgehead atoms. The maximum atomic E-state index is 13.1. The van der Waals surface area contributed by atoms with Crippen molar-refractivity contribution in [2.24, 2.45) is 5.92 Å². The third-order valence-corrected chi connectivity index (χ3v) is 7.66. The summed E-state index contributed by atoms with van der Waals surface area (Å²) < 4.78 is 72.5. The van der Waals surface area contributed by atoms with Gasteiger partial charge in [0, 0.05) is 6.07 Å². The highest BCUT2D eigenvalue weighted by Crippen LogP contribution is 2.33. The Kier molecular flexibility index (Phi) is 7.37. The number of sulfonamides is 1. The zero-order valence-electron chi connectivity index (χ0n) is 19.5. The van der Waals surface area contributed by atoms with Crippen molar-refractivity contribution >= 4 is 43.7 Å². The molecule has 8 nitrogen and oxygen atoms in total. The topological polar surface area (TPSA) is 110 Å². The van der Waals surface area contributed by atoms with E-state index in [-0.39, 0.29) is 22.1 Å². The van der Waals surface area contributed by atoms with Crippen molar-refractivity contribution in [2.45, 2.75) is 24.4 Å². The molecule has 1 heterocycles. The minimum absolute atomic E-state index is 0.0958. The van der Waals surface area contributed by atoms with Gasteiger partial charge in [0.2, 0.25) is 5.13 Å². The van der Waals surface area contributed by atoms with Gasteiger partial charge in [-0.25, -0.2) is 8.42 Å². The fraction of sp³-hybridized carbons (Fsp3) is 0.208. The maximum Gasteiger partial charge on any atom is 0.416 e. The average molecular weight is 551 g/mol. The van der Waals surface area contributed by atoms with Crippen LogP contribution in [0.5, 0.6) is 5.75 Å². The van der Waals surface area contributed by atoms with E-state index in [1.165, 1.54) is 36.6 Å². The van der Waals surface area contributed by atoms with Crippen LogP contribution in [0.3, 0.4) is 0 Å². The first-order valence-corrected chi connectivity index (χ1v) is 13.2. The Morgan fingerprint density at radius 1 is 1.16 bits per heavy atom. The molecule has 0 fully saturated rings. The molecule has 1 unspecified atom stereocenters. The molecule has 0 radical (unpaired) electrons. The molecule has 13 heteroatoms. The Hall–Kier alpha value is -3.71. The van der Waals surface area contributed by atoms with Crippen molar-refractivity contribution in [2.75, 3.05) is 17.1 Å². The molecule has 2 N–H and O–H groups in total. The number of carbonyl (C=O) groups excluding carboxylic acids is 1.